The predicted octanol–water partition coefficient (Wildman–Crippen LogP) is 2.39. The van der Waals surface area contributed by atoms with Gasteiger partial charge in [0.15, 0.2) is 0 Å². The molecule has 1 aromatic rings. The van der Waals surface area contributed by atoms with Crippen molar-refractivity contribution in [3.63, 3.8) is 0 Å². The van der Waals surface area contributed by atoms with Gasteiger partial charge < -0.3 is 10.1 Å². The van der Waals surface area contributed by atoms with Crippen LogP contribution in [0.2, 0.25) is 0 Å². The molecule has 4 nitrogen and oxygen atoms in total. The predicted molar refractivity (Wildman–Crippen MR) is 66.0 cm³/mol. The van der Waals surface area contributed by atoms with E-state index in [1.807, 2.05) is 0 Å². The number of anilines is 1. The van der Waals surface area contributed by atoms with Crippen LogP contribution >= 0.6 is 0 Å². The third-order valence-electron chi connectivity index (χ3n) is 2.82. The number of aromatic nitrogens is 1. The fourth-order valence-electron chi connectivity index (χ4n) is 1.91. The highest BCUT2D eigenvalue weighted by atomic mass is 16.5. The number of methoxy groups -OCH3 is 1. The van der Waals surface area contributed by atoms with Gasteiger partial charge in [0.05, 0.1) is 7.11 Å². The maximum atomic E-state index is 11.6. The molecular formula is C13H16N2O2. The van der Waals surface area contributed by atoms with Gasteiger partial charge in [0.2, 0.25) is 0 Å². The molecule has 1 aromatic heterocycles. The lowest BCUT2D eigenvalue weighted by Crippen LogP contribution is -2.22. The van der Waals surface area contributed by atoms with Gasteiger partial charge in [-0.25, -0.2) is 9.78 Å². The molecule has 17 heavy (non-hydrogen) atoms. The largest absolute Gasteiger partial charge is 0.465 e. The second kappa shape index (κ2) is 5.48. The van der Waals surface area contributed by atoms with E-state index in [9.17, 15) is 4.79 Å². The molecule has 1 aliphatic rings. The van der Waals surface area contributed by atoms with Crippen LogP contribution in [-0.4, -0.2) is 24.1 Å². The highest BCUT2D eigenvalue weighted by Gasteiger charge is 2.16. The summed E-state index contributed by atoms with van der Waals surface area (Å²) in [5.41, 5.74) is 0.490. The maximum Gasteiger partial charge on any atom is 0.341 e. The van der Waals surface area contributed by atoms with Crippen LogP contribution in [0.25, 0.3) is 0 Å². The first-order valence-corrected chi connectivity index (χ1v) is 5.76. The minimum Gasteiger partial charge on any atom is -0.465 e. The first kappa shape index (κ1) is 11.6. The second-order valence-electron chi connectivity index (χ2n) is 4.02. The Labute approximate surface area is 101 Å². The third-order valence-corrected chi connectivity index (χ3v) is 2.82. The topological polar surface area (TPSA) is 51.2 Å². The van der Waals surface area contributed by atoms with E-state index >= 15 is 0 Å². The van der Waals surface area contributed by atoms with E-state index in [2.05, 4.69) is 22.5 Å². The van der Waals surface area contributed by atoms with Gasteiger partial charge in [-0.15, -0.1) is 0 Å². The van der Waals surface area contributed by atoms with E-state index in [1.54, 1.807) is 18.3 Å². The van der Waals surface area contributed by atoms with Gasteiger partial charge in [0.25, 0.3) is 0 Å². The number of hydrogen-bond acceptors (Lipinski definition) is 4. The molecular weight excluding hydrogens is 216 g/mol. The van der Waals surface area contributed by atoms with Gasteiger partial charge in [-0.3, -0.25) is 0 Å². The molecule has 0 saturated heterocycles. The summed E-state index contributed by atoms with van der Waals surface area (Å²) >= 11 is 0. The molecule has 0 aromatic carbocycles. The van der Waals surface area contributed by atoms with Crippen molar-refractivity contribution in [1.82, 2.24) is 4.98 Å². The van der Waals surface area contributed by atoms with Crippen LogP contribution < -0.4 is 5.32 Å². The van der Waals surface area contributed by atoms with Gasteiger partial charge >= 0.3 is 5.97 Å². The van der Waals surface area contributed by atoms with Crippen LogP contribution in [0.4, 0.5) is 5.82 Å². The Morgan fingerprint density at radius 1 is 1.53 bits per heavy atom. The maximum absolute atomic E-state index is 11.6. The number of rotatable bonds is 3. The van der Waals surface area contributed by atoms with Gasteiger partial charge in [-0.2, -0.15) is 0 Å². The Morgan fingerprint density at radius 2 is 2.41 bits per heavy atom. The Bertz CT molecular complexity index is 429. The summed E-state index contributed by atoms with van der Waals surface area (Å²) in [5.74, 6) is 0.256. The van der Waals surface area contributed by atoms with Crippen molar-refractivity contribution in [3.8, 4) is 0 Å². The summed E-state index contributed by atoms with van der Waals surface area (Å²) < 4.78 is 4.73. The molecule has 0 fully saturated rings. The molecule has 0 aliphatic heterocycles. The van der Waals surface area contributed by atoms with Crippen molar-refractivity contribution in [2.45, 2.75) is 25.3 Å². The number of nitrogens with zero attached hydrogens (tertiary/aromatic N) is 1. The minimum atomic E-state index is -0.355. The fraction of sp³-hybridized carbons (Fsp3) is 0.385. The summed E-state index contributed by atoms with van der Waals surface area (Å²) in [6, 6.07) is 3.80. The lowest BCUT2D eigenvalue weighted by molar-refractivity contribution is 0.0601. The summed E-state index contributed by atoms with van der Waals surface area (Å²) in [7, 11) is 1.38. The molecule has 1 N–H and O–H groups in total. The quantitative estimate of drug-likeness (QED) is 0.642. The molecule has 0 spiro atoms. The number of hydrogen-bond donors (Lipinski definition) is 1. The average molecular weight is 232 g/mol. The van der Waals surface area contributed by atoms with E-state index in [0.29, 0.717) is 17.4 Å². The van der Waals surface area contributed by atoms with Gasteiger partial charge in [0, 0.05) is 12.2 Å². The Hall–Kier alpha value is -1.84. The third kappa shape index (κ3) is 2.84. The van der Waals surface area contributed by atoms with Crippen molar-refractivity contribution in [3.05, 3.63) is 36.0 Å². The average Bonchev–Trinajstić information content (AvgIpc) is 2.40. The normalized spacial score (nSPS) is 18.8. The molecule has 90 valence electrons. The highest BCUT2D eigenvalue weighted by Crippen LogP contribution is 2.19. The zero-order valence-corrected chi connectivity index (χ0v) is 9.85. The Kier molecular flexibility index (Phi) is 3.75. The van der Waals surface area contributed by atoms with Crippen LogP contribution in [0.1, 0.15) is 29.6 Å². The van der Waals surface area contributed by atoms with Crippen LogP contribution in [0.5, 0.6) is 0 Å². The van der Waals surface area contributed by atoms with Crippen molar-refractivity contribution < 1.29 is 9.53 Å². The number of carbonyl (C=O) groups is 1. The number of allylic oxidation sites excluding steroid dienone is 1. The number of esters is 1. The van der Waals surface area contributed by atoms with E-state index in [1.165, 1.54) is 7.11 Å². The molecule has 1 aliphatic carbocycles. The van der Waals surface area contributed by atoms with Crippen LogP contribution in [0.15, 0.2) is 30.5 Å². The van der Waals surface area contributed by atoms with Crippen molar-refractivity contribution in [1.29, 1.82) is 0 Å². The van der Waals surface area contributed by atoms with E-state index in [-0.39, 0.29) is 5.97 Å². The number of pyridine rings is 1. The zero-order valence-electron chi connectivity index (χ0n) is 9.85. The molecule has 4 heteroatoms. The SMILES string of the molecule is COC(=O)c1cccnc1NC1CC=CCC1. The van der Waals surface area contributed by atoms with E-state index in [4.69, 9.17) is 4.74 Å². The first-order valence-electron chi connectivity index (χ1n) is 5.76. The van der Waals surface area contributed by atoms with Crippen LogP contribution in [0.3, 0.4) is 0 Å². The Morgan fingerprint density at radius 3 is 3.12 bits per heavy atom. The fourth-order valence-corrected chi connectivity index (χ4v) is 1.91. The van der Waals surface area contributed by atoms with Crippen molar-refractivity contribution in [2.75, 3.05) is 12.4 Å². The molecule has 0 saturated carbocycles. The lowest BCUT2D eigenvalue weighted by atomic mass is 10.0. The summed E-state index contributed by atoms with van der Waals surface area (Å²) in [6.45, 7) is 0. The minimum absolute atomic E-state index is 0.346. The van der Waals surface area contributed by atoms with Gasteiger partial charge in [-0.05, 0) is 31.4 Å². The number of nitrogens with one attached hydrogen (secondary N) is 1. The second-order valence-corrected chi connectivity index (χ2v) is 4.02. The molecule has 2 rings (SSSR count). The lowest BCUT2D eigenvalue weighted by Gasteiger charge is -2.20. The zero-order chi connectivity index (χ0) is 12.1. The highest BCUT2D eigenvalue weighted by molar-refractivity contribution is 5.94. The molecule has 1 unspecified atom stereocenters. The van der Waals surface area contributed by atoms with Gasteiger partial charge in [0.1, 0.15) is 11.4 Å². The first-order chi connectivity index (χ1) is 8.31. The van der Waals surface area contributed by atoms with Crippen molar-refractivity contribution in [2.24, 2.45) is 0 Å². The monoisotopic (exact) mass is 232 g/mol. The van der Waals surface area contributed by atoms with Crippen LogP contribution in [-0.2, 0) is 4.74 Å². The number of ether oxygens (including phenoxy) is 1. The van der Waals surface area contributed by atoms with E-state index in [0.717, 1.165) is 19.3 Å². The smallest absolute Gasteiger partial charge is 0.341 e. The molecule has 0 amide bonds. The summed E-state index contributed by atoms with van der Waals surface area (Å²) in [4.78, 5) is 15.8. The van der Waals surface area contributed by atoms with Gasteiger partial charge in [-0.1, -0.05) is 12.2 Å². The Balaban J connectivity index is 2.14. The molecule has 0 radical (unpaired) electrons. The van der Waals surface area contributed by atoms with E-state index < -0.39 is 0 Å². The van der Waals surface area contributed by atoms with Crippen molar-refractivity contribution >= 4 is 11.8 Å². The van der Waals surface area contributed by atoms with Crippen LogP contribution in [0, 0.1) is 0 Å². The molecule has 1 atom stereocenters. The standard InChI is InChI=1S/C13H16N2O2/c1-17-13(16)11-8-5-9-14-12(11)15-10-6-3-2-4-7-10/h2-3,5,8-10H,4,6-7H2,1H3,(H,14,15). The number of carbonyl (C=O) groups excluding carboxylic acids is 1. The molecule has 0 bridgehead atoms. The molecule has 1 heterocycles. The summed E-state index contributed by atoms with van der Waals surface area (Å²) in [5, 5.41) is 3.30. The summed E-state index contributed by atoms with van der Waals surface area (Å²) in [6.07, 6.45) is 9.11.